The number of rotatable bonds is 6. The maximum Gasteiger partial charge on any atom is 0.306 e. The number of halogens is 1. The van der Waals surface area contributed by atoms with Crippen LogP contribution in [-0.2, 0) is 4.79 Å². The molecule has 1 aromatic rings. The van der Waals surface area contributed by atoms with Crippen LogP contribution in [0.15, 0.2) is 24.3 Å². The van der Waals surface area contributed by atoms with Crippen molar-refractivity contribution in [2.24, 2.45) is 0 Å². The third-order valence-corrected chi connectivity index (χ3v) is 2.69. The summed E-state index contributed by atoms with van der Waals surface area (Å²) >= 11 is 5.78. The average molecular weight is 258 g/mol. The molecule has 1 aromatic carbocycles. The van der Waals surface area contributed by atoms with Crippen molar-refractivity contribution in [2.75, 3.05) is 6.54 Å². The molecular weight excluding hydrogens is 242 g/mol. The van der Waals surface area contributed by atoms with E-state index in [9.17, 15) is 9.90 Å². The Labute approximate surface area is 105 Å². The first kappa shape index (κ1) is 14.0. The van der Waals surface area contributed by atoms with Crippen molar-refractivity contribution < 1.29 is 15.0 Å². The van der Waals surface area contributed by atoms with Crippen molar-refractivity contribution in [1.82, 2.24) is 5.32 Å². The van der Waals surface area contributed by atoms with Crippen LogP contribution in [0.1, 0.15) is 24.9 Å². The quantitative estimate of drug-likeness (QED) is 0.727. The number of hydrogen-bond acceptors (Lipinski definition) is 3. The molecule has 3 N–H and O–H groups in total. The Morgan fingerprint density at radius 1 is 1.41 bits per heavy atom. The van der Waals surface area contributed by atoms with Crippen molar-refractivity contribution in [3.05, 3.63) is 34.9 Å². The lowest BCUT2D eigenvalue weighted by molar-refractivity contribution is -0.139. The molecule has 1 unspecified atom stereocenters. The van der Waals surface area contributed by atoms with E-state index in [4.69, 9.17) is 16.7 Å². The van der Waals surface area contributed by atoms with Gasteiger partial charge in [0.2, 0.25) is 0 Å². The van der Waals surface area contributed by atoms with Crippen LogP contribution in [0.4, 0.5) is 0 Å². The molecule has 2 atom stereocenters. The van der Waals surface area contributed by atoms with Crippen LogP contribution in [0.3, 0.4) is 0 Å². The summed E-state index contributed by atoms with van der Waals surface area (Å²) in [7, 11) is 0. The molecule has 0 heterocycles. The fraction of sp³-hybridized carbons (Fsp3) is 0.417. The van der Waals surface area contributed by atoms with Gasteiger partial charge in [0, 0.05) is 17.6 Å². The van der Waals surface area contributed by atoms with Gasteiger partial charge in [0.15, 0.2) is 0 Å². The zero-order chi connectivity index (χ0) is 12.8. The molecule has 0 aliphatic rings. The summed E-state index contributed by atoms with van der Waals surface area (Å²) in [6.45, 7) is 2.19. The molecule has 0 radical (unpaired) electrons. The summed E-state index contributed by atoms with van der Waals surface area (Å²) in [5.74, 6) is -1.00. The average Bonchev–Trinajstić information content (AvgIpc) is 2.26. The molecule has 0 aromatic heterocycles. The van der Waals surface area contributed by atoms with E-state index >= 15 is 0 Å². The summed E-state index contributed by atoms with van der Waals surface area (Å²) in [6, 6.07) is 7.41. The molecule has 0 aliphatic heterocycles. The van der Waals surface area contributed by atoms with Crippen molar-refractivity contribution in [1.29, 1.82) is 0 Å². The Morgan fingerprint density at radius 3 is 2.53 bits per heavy atom. The highest BCUT2D eigenvalue weighted by Crippen LogP contribution is 2.15. The highest BCUT2D eigenvalue weighted by atomic mass is 35.5. The Balaban J connectivity index is 2.41. The highest BCUT2D eigenvalue weighted by Gasteiger charge is 2.11. The third-order valence-electron chi connectivity index (χ3n) is 2.44. The third kappa shape index (κ3) is 5.17. The fourth-order valence-electron chi connectivity index (χ4n) is 1.46. The van der Waals surface area contributed by atoms with Crippen LogP contribution >= 0.6 is 11.6 Å². The summed E-state index contributed by atoms with van der Waals surface area (Å²) in [6.07, 6.45) is -1.12. The Kier molecular flexibility index (Phi) is 5.41. The second kappa shape index (κ2) is 6.59. The fourth-order valence-corrected chi connectivity index (χ4v) is 1.58. The van der Waals surface area contributed by atoms with E-state index < -0.39 is 12.1 Å². The van der Waals surface area contributed by atoms with Crippen molar-refractivity contribution in [3.63, 3.8) is 0 Å². The molecule has 17 heavy (non-hydrogen) atoms. The van der Waals surface area contributed by atoms with Gasteiger partial charge in [-0.25, -0.2) is 0 Å². The minimum Gasteiger partial charge on any atom is -0.481 e. The number of aliphatic carboxylic acids is 1. The van der Waals surface area contributed by atoms with Crippen molar-refractivity contribution >= 4 is 17.6 Å². The molecule has 1 rings (SSSR count). The van der Waals surface area contributed by atoms with Gasteiger partial charge in [-0.3, -0.25) is 4.79 Å². The number of carbonyl (C=O) groups is 1. The number of benzene rings is 1. The van der Waals surface area contributed by atoms with Crippen LogP contribution in [0.25, 0.3) is 0 Å². The topological polar surface area (TPSA) is 69.6 Å². The second-order valence-electron chi connectivity index (χ2n) is 3.93. The first-order chi connectivity index (χ1) is 7.99. The van der Waals surface area contributed by atoms with Crippen LogP contribution < -0.4 is 5.32 Å². The van der Waals surface area contributed by atoms with Gasteiger partial charge >= 0.3 is 5.97 Å². The van der Waals surface area contributed by atoms with Gasteiger partial charge in [-0.2, -0.15) is 0 Å². The van der Waals surface area contributed by atoms with Gasteiger partial charge in [0.1, 0.15) is 0 Å². The van der Waals surface area contributed by atoms with Crippen LogP contribution in [-0.4, -0.2) is 28.8 Å². The minimum atomic E-state index is -1.00. The minimum absolute atomic E-state index is 0.0377. The maximum atomic E-state index is 10.4. The Bertz CT molecular complexity index is 367. The number of aliphatic hydroxyl groups excluding tert-OH is 1. The summed E-state index contributed by atoms with van der Waals surface area (Å²) in [5, 5.41) is 21.6. The Morgan fingerprint density at radius 2 is 2.00 bits per heavy atom. The number of nitrogens with one attached hydrogen (secondary N) is 1. The van der Waals surface area contributed by atoms with Gasteiger partial charge in [-0.1, -0.05) is 23.7 Å². The van der Waals surface area contributed by atoms with Gasteiger partial charge in [-0.15, -0.1) is 0 Å². The number of aliphatic hydroxyl groups is 1. The second-order valence-corrected chi connectivity index (χ2v) is 4.37. The number of carboxylic acid groups (broad SMARTS) is 1. The monoisotopic (exact) mass is 257 g/mol. The predicted octanol–water partition coefficient (Wildman–Crippen LogP) is 1.83. The van der Waals surface area contributed by atoms with Crippen molar-refractivity contribution in [2.45, 2.75) is 25.5 Å². The van der Waals surface area contributed by atoms with Gasteiger partial charge in [-0.05, 0) is 24.6 Å². The first-order valence-electron chi connectivity index (χ1n) is 5.37. The summed E-state index contributed by atoms with van der Waals surface area (Å²) in [4.78, 5) is 10.4. The molecule has 0 bridgehead atoms. The van der Waals surface area contributed by atoms with E-state index in [2.05, 4.69) is 5.32 Å². The predicted molar refractivity (Wildman–Crippen MR) is 66.1 cm³/mol. The molecule has 0 saturated heterocycles. The standard InChI is InChI=1S/C12H16ClNO3/c1-8(9-2-4-10(13)5-3-9)14-7-11(15)6-12(16)17/h2-5,8,11,14-15H,6-7H2,1H3,(H,16,17)/t8-,11?/m1/s1. The van der Waals surface area contributed by atoms with E-state index in [0.29, 0.717) is 5.02 Å². The molecule has 5 heteroatoms. The van der Waals surface area contributed by atoms with E-state index in [1.54, 1.807) is 12.1 Å². The first-order valence-corrected chi connectivity index (χ1v) is 5.75. The number of carboxylic acids is 1. The molecule has 94 valence electrons. The van der Waals surface area contributed by atoms with Crippen LogP contribution in [0.5, 0.6) is 0 Å². The van der Waals surface area contributed by atoms with Crippen LogP contribution in [0, 0.1) is 0 Å². The SMILES string of the molecule is C[C@@H](NCC(O)CC(=O)O)c1ccc(Cl)cc1. The van der Waals surface area contributed by atoms with Crippen LogP contribution in [0.2, 0.25) is 5.02 Å². The highest BCUT2D eigenvalue weighted by molar-refractivity contribution is 6.30. The van der Waals surface area contributed by atoms with Gasteiger partial charge in [0.25, 0.3) is 0 Å². The van der Waals surface area contributed by atoms with E-state index in [1.165, 1.54) is 0 Å². The molecule has 0 amide bonds. The zero-order valence-electron chi connectivity index (χ0n) is 9.56. The van der Waals surface area contributed by atoms with E-state index in [0.717, 1.165) is 5.56 Å². The van der Waals surface area contributed by atoms with E-state index in [-0.39, 0.29) is 19.0 Å². The smallest absolute Gasteiger partial charge is 0.306 e. The maximum absolute atomic E-state index is 10.4. The Hall–Kier alpha value is -1.10. The lowest BCUT2D eigenvalue weighted by Gasteiger charge is -2.16. The zero-order valence-corrected chi connectivity index (χ0v) is 10.3. The van der Waals surface area contributed by atoms with Gasteiger partial charge < -0.3 is 15.5 Å². The summed E-state index contributed by atoms with van der Waals surface area (Å²) < 4.78 is 0. The molecule has 0 saturated carbocycles. The normalized spacial score (nSPS) is 14.3. The number of hydrogen-bond donors (Lipinski definition) is 3. The van der Waals surface area contributed by atoms with Crippen molar-refractivity contribution in [3.8, 4) is 0 Å². The lowest BCUT2D eigenvalue weighted by atomic mass is 10.1. The molecule has 0 spiro atoms. The lowest BCUT2D eigenvalue weighted by Crippen LogP contribution is -2.30. The largest absolute Gasteiger partial charge is 0.481 e. The van der Waals surface area contributed by atoms with E-state index in [1.807, 2.05) is 19.1 Å². The molecule has 0 fully saturated rings. The van der Waals surface area contributed by atoms with Gasteiger partial charge in [0.05, 0.1) is 12.5 Å². The molecular formula is C12H16ClNO3. The molecule has 0 aliphatic carbocycles. The summed E-state index contributed by atoms with van der Waals surface area (Å²) in [5.41, 5.74) is 1.04. The molecule has 4 nitrogen and oxygen atoms in total.